The lowest BCUT2D eigenvalue weighted by molar-refractivity contribution is -0.117. The van der Waals surface area contributed by atoms with Crippen LogP contribution < -0.4 is 15.4 Å². The highest BCUT2D eigenvalue weighted by molar-refractivity contribution is 6.05. The van der Waals surface area contributed by atoms with E-state index in [2.05, 4.69) is 25.7 Å². The molecule has 9 nitrogen and oxygen atoms in total. The highest BCUT2D eigenvalue weighted by Crippen LogP contribution is 2.30. The molecule has 2 N–H and O–H groups in total. The number of benzene rings is 1. The number of halogens is 1. The molecular formula is C23H19FN6O3. The molecule has 0 atom stereocenters. The Balaban J connectivity index is 1.29. The molecule has 0 unspecified atom stereocenters. The predicted octanol–water partition coefficient (Wildman–Crippen LogP) is 3.99. The van der Waals surface area contributed by atoms with Gasteiger partial charge in [-0.05, 0) is 43.2 Å². The number of hydrogen-bond donors (Lipinski definition) is 2. The maximum atomic E-state index is 13.1. The van der Waals surface area contributed by atoms with Gasteiger partial charge >= 0.3 is 0 Å². The fourth-order valence-electron chi connectivity index (χ4n) is 3.26. The maximum Gasteiger partial charge on any atom is 0.257 e. The van der Waals surface area contributed by atoms with Gasteiger partial charge in [0.25, 0.3) is 5.91 Å². The zero-order chi connectivity index (χ0) is 22.8. The number of pyridine rings is 1. The third kappa shape index (κ3) is 4.64. The average Bonchev–Trinajstić information content (AvgIpc) is 3.60. The van der Waals surface area contributed by atoms with Gasteiger partial charge in [0.1, 0.15) is 12.4 Å². The summed E-state index contributed by atoms with van der Waals surface area (Å²) in [6.45, 7) is -0.832. The molecule has 0 spiro atoms. The first kappa shape index (κ1) is 20.6. The summed E-state index contributed by atoms with van der Waals surface area (Å²) in [4.78, 5) is 32.7. The van der Waals surface area contributed by atoms with Crippen molar-refractivity contribution >= 4 is 29.0 Å². The minimum atomic E-state index is -0.832. The second-order valence-corrected chi connectivity index (χ2v) is 7.58. The molecule has 1 aliphatic rings. The fraction of sp³-hybridized carbons (Fsp3) is 0.174. The van der Waals surface area contributed by atoms with Gasteiger partial charge in [-0.15, -0.1) is 5.10 Å². The fourth-order valence-corrected chi connectivity index (χ4v) is 3.26. The van der Waals surface area contributed by atoms with E-state index in [1.807, 2.05) is 0 Å². The van der Waals surface area contributed by atoms with E-state index in [9.17, 15) is 14.0 Å². The van der Waals surface area contributed by atoms with Crippen molar-refractivity contribution in [1.82, 2.24) is 19.6 Å². The number of nitrogens with zero attached hydrogens (tertiary/aromatic N) is 4. The summed E-state index contributed by atoms with van der Waals surface area (Å²) < 4.78 is 20.5. The molecule has 0 aliphatic heterocycles. The number of carbonyl (C=O) groups is 2. The van der Waals surface area contributed by atoms with Crippen molar-refractivity contribution < 1.29 is 18.7 Å². The summed E-state index contributed by atoms with van der Waals surface area (Å²) in [6, 6.07) is 13.2. The van der Waals surface area contributed by atoms with Crippen LogP contribution >= 0.6 is 0 Å². The van der Waals surface area contributed by atoms with Crippen molar-refractivity contribution in [3.63, 3.8) is 0 Å². The average molecular weight is 446 g/mol. The summed E-state index contributed by atoms with van der Waals surface area (Å²) in [5.41, 5.74) is 1.28. The van der Waals surface area contributed by atoms with E-state index in [1.165, 1.54) is 16.8 Å². The quantitative estimate of drug-likeness (QED) is 0.444. The number of carbonyl (C=O) groups excluding carboxylic acids is 2. The number of imidazole rings is 1. The lowest BCUT2D eigenvalue weighted by Crippen LogP contribution is -2.14. The second kappa shape index (κ2) is 8.65. The normalized spacial score (nSPS) is 13.0. The Hall–Kier alpha value is -4.34. The number of anilines is 2. The summed E-state index contributed by atoms with van der Waals surface area (Å²) in [7, 11) is 0. The third-order valence-electron chi connectivity index (χ3n) is 5.07. The molecule has 0 saturated heterocycles. The van der Waals surface area contributed by atoms with E-state index in [4.69, 9.17) is 4.74 Å². The molecule has 10 heteroatoms. The molecule has 33 heavy (non-hydrogen) atoms. The molecule has 2 amide bonds. The van der Waals surface area contributed by atoms with Crippen molar-refractivity contribution in [2.75, 3.05) is 10.6 Å². The molecule has 0 radical (unpaired) electrons. The molecule has 4 aromatic rings. The Labute approximate surface area is 187 Å². The van der Waals surface area contributed by atoms with Crippen molar-refractivity contribution in [2.45, 2.75) is 19.5 Å². The van der Waals surface area contributed by atoms with E-state index in [1.54, 1.807) is 48.7 Å². The second-order valence-electron chi connectivity index (χ2n) is 7.58. The molecule has 1 aromatic carbocycles. The van der Waals surface area contributed by atoms with E-state index in [-0.39, 0.29) is 23.1 Å². The van der Waals surface area contributed by atoms with Gasteiger partial charge in [-0.25, -0.2) is 13.9 Å². The minimum Gasteiger partial charge on any atom is -0.438 e. The number of rotatable bonds is 7. The molecule has 5 rings (SSSR count). The van der Waals surface area contributed by atoms with Crippen LogP contribution in [0.4, 0.5) is 15.9 Å². The van der Waals surface area contributed by atoms with Crippen LogP contribution in [0.25, 0.3) is 5.65 Å². The Morgan fingerprint density at radius 2 is 2.00 bits per heavy atom. The number of hydrogen-bond acceptors (Lipinski definition) is 6. The number of nitrogens with one attached hydrogen (secondary N) is 2. The number of alkyl halides is 1. The number of aromatic nitrogens is 4. The third-order valence-corrected chi connectivity index (χ3v) is 5.07. The molecule has 3 aromatic heterocycles. The number of fused-ring (bicyclic) bond motifs is 1. The van der Waals surface area contributed by atoms with Crippen molar-refractivity contribution in [3.05, 3.63) is 72.2 Å². The van der Waals surface area contributed by atoms with Gasteiger partial charge in [0, 0.05) is 29.9 Å². The first-order valence-corrected chi connectivity index (χ1v) is 10.4. The number of ether oxygens (including phenoxy) is 1. The Bertz CT molecular complexity index is 1350. The Kier molecular flexibility index (Phi) is 5.39. The summed E-state index contributed by atoms with van der Waals surface area (Å²) in [5.74, 6) is 0.764. The van der Waals surface area contributed by atoms with Crippen LogP contribution in [0.2, 0.25) is 0 Å². The molecule has 166 valence electrons. The van der Waals surface area contributed by atoms with E-state index >= 15 is 0 Å². The van der Waals surface area contributed by atoms with Crippen molar-refractivity contribution in [1.29, 1.82) is 0 Å². The van der Waals surface area contributed by atoms with Crippen molar-refractivity contribution in [2.24, 2.45) is 5.92 Å². The lowest BCUT2D eigenvalue weighted by atomic mass is 10.2. The van der Waals surface area contributed by atoms with Gasteiger partial charge in [0.2, 0.25) is 11.8 Å². The van der Waals surface area contributed by atoms with Crippen LogP contribution in [0, 0.1) is 5.92 Å². The topological polar surface area (TPSA) is 111 Å². The van der Waals surface area contributed by atoms with Gasteiger partial charge in [0.05, 0.1) is 17.5 Å². The first-order chi connectivity index (χ1) is 16.1. The van der Waals surface area contributed by atoms with Crippen LogP contribution in [0.1, 0.15) is 28.9 Å². The summed E-state index contributed by atoms with van der Waals surface area (Å²) in [6.07, 6.45) is 4.88. The van der Waals surface area contributed by atoms with Crippen LogP contribution in [-0.2, 0) is 11.5 Å². The minimum absolute atomic E-state index is 0.0290. The zero-order valence-electron chi connectivity index (χ0n) is 17.4. The van der Waals surface area contributed by atoms with Gasteiger partial charge in [-0.3, -0.25) is 14.6 Å². The lowest BCUT2D eigenvalue weighted by Gasteiger charge is -2.09. The largest absolute Gasteiger partial charge is 0.438 e. The zero-order valence-corrected chi connectivity index (χ0v) is 17.4. The SMILES string of the molecule is O=C(Nc1cccc(Oc2ccc3nc(NC(=O)C4CC4)cn3n2)c1)c1cccnc1CF. The highest BCUT2D eigenvalue weighted by Gasteiger charge is 2.30. The number of amides is 2. The van der Waals surface area contributed by atoms with E-state index < -0.39 is 12.6 Å². The molecule has 3 heterocycles. The van der Waals surface area contributed by atoms with Crippen molar-refractivity contribution in [3.8, 4) is 11.6 Å². The Morgan fingerprint density at radius 3 is 2.82 bits per heavy atom. The monoisotopic (exact) mass is 446 g/mol. The summed E-state index contributed by atoms with van der Waals surface area (Å²) >= 11 is 0. The van der Waals surface area contributed by atoms with Gasteiger partial charge in [-0.1, -0.05) is 6.07 Å². The molecule has 1 aliphatic carbocycles. The van der Waals surface area contributed by atoms with Gasteiger partial charge < -0.3 is 15.4 Å². The van der Waals surface area contributed by atoms with Crippen LogP contribution in [0.15, 0.2) is 60.9 Å². The molecular weight excluding hydrogens is 427 g/mol. The molecule has 1 fully saturated rings. The first-order valence-electron chi connectivity index (χ1n) is 10.4. The highest BCUT2D eigenvalue weighted by atomic mass is 19.1. The van der Waals surface area contributed by atoms with Gasteiger partial charge in [-0.2, -0.15) is 0 Å². The van der Waals surface area contributed by atoms with E-state index in [0.717, 1.165) is 12.8 Å². The Morgan fingerprint density at radius 1 is 1.12 bits per heavy atom. The van der Waals surface area contributed by atoms with Crippen LogP contribution in [0.3, 0.4) is 0 Å². The molecule has 1 saturated carbocycles. The predicted molar refractivity (Wildman–Crippen MR) is 118 cm³/mol. The standard InChI is InChI=1S/C23H19FN6O3/c24-12-18-17(5-2-10-25-18)23(32)26-15-3-1-4-16(11-15)33-21-9-8-20-27-19(13-30(20)29-21)28-22(31)14-6-7-14/h1-5,8-11,13-14H,6-7,12H2,(H,26,32)(H,28,31). The van der Waals surface area contributed by atoms with Crippen LogP contribution in [-0.4, -0.2) is 31.4 Å². The van der Waals surface area contributed by atoms with E-state index in [0.29, 0.717) is 28.8 Å². The van der Waals surface area contributed by atoms with Gasteiger partial charge in [0.15, 0.2) is 11.5 Å². The smallest absolute Gasteiger partial charge is 0.257 e. The maximum absolute atomic E-state index is 13.1. The molecule has 0 bridgehead atoms. The van der Waals surface area contributed by atoms with Crippen LogP contribution in [0.5, 0.6) is 11.6 Å². The summed E-state index contributed by atoms with van der Waals surface area (Å²) in [5, 5.41) is 9.88.